The Labute approximate surface area is 100 Å². The fourth-order valence-electron chi connectivity index (χ4n) is 2.33. The summed E-state index contributed by atoms with van der Waals surface area (Å²) in [4.78, 5) is 26.0. The summed E-state index contributed by atoms with van der Waals surface area (Å²) in [7, 11) is 0. The second kappa shape index (κ2) is 4.52. The van der Waals surface area contributed by atoms with Gasteiger partial charge in [-0.1, -0.05) is 0 Å². The number of carbonyl (C=O) groups is 2. The third kappa shape index (κ3) is 2.52. The Bertz CT molecular complexity index is 317. The molecule has 2 atom stereocenters. The molecule has 0 spiro atoms. The van der Waals surface area contributed by atoms with Crippen LogP contribution in [0.1, 0.15) is 13.8 Å². The molecule has 0 aliphatic carbocycles. The van der Waals surface area contributed by atoms with Crippen LogP contribution in [-0.4, -0.2) is 65.3 Å². The van der Waals surface area contributed by atoms with Crippen molar-refractivity contribution in [1.82, 2.24) is 9.80 Å². The van der Waals surface area contributed by atoms with E-state index >= 15 is 0 Å². The lowest BCUT2D eigenvalue weighted by atomic mass is 10.0. The highest BCUT2D eigenvalue weighted by Gasteiger charge is 2.39. The fourth-order valence-corrected chi connectivity index (χ4v) is 2.33. The normalized spacial score (nSPS) is 30.0. The maximum absolute atomic E-state index is 12.0. The first-order valence-electron chi connectivity index (χ1n) is 5.89. The SMILES string of the molecule is CC1CN(C(=O)N2CC(C(=O)O)C2)CC(C)O1. The van der Waals surface area contributed by atoms with Crippen LogP contribution in [0.3, 0.4) is 0 Å². The number of carboxylic acids is 1. The van der Waals surface area contributed by atoms with Crippen LogP contribution in [0.4, 0.5) is 4.79 Å². The van der Waals surface area contributed by atoms with Crippen molar-refractivity contribution in [2.75, 3.05) is 26.2 Å². The molecule has 6 nitrogen and oxygen atoms in total. The summed E-state index contributed by atoms with van der Waals surface area (Å²) in [6.45, 7) is 5.69. The summed E-state index contributed by atoms with van der Waals surface area (Å²) in [5.74, 6) is -1.22. The molecule has 2 aliphatic heterocycles. The van der Waals surface area contributed by atoms with Gasteiger partial charge < -0.3 is 19.6 Å². The van der Waals surface area contributed by atoms with E-state index in [2.05, 4.69) is 0 Å². The topological polar surface area (TPSA) is 70.1 Å². The number of ether oxygens (including phenoxy) is 1. The van der Waals surface area contributed by atoms with Crippen molar-refractivity contribution in [3.8, 4) is 0 Å². The molecule has 0 aromatic carbocycles. The highest BCUT2D eigenvalue weighted by Crippen LogP contribution is 2.20. The first-order chi connectivity index (χ1) is 7.97. The average Bonchev–Trinajstić information content (AvgIpc) is 2.12. The molecule has 2 amide bonds. The Kier molecular flexibility index (Phi) is 3.24. The van der Waals surface area contributed by atoms with Crippen molar-refractivity contribution in [3.05, 3.63) is 0 Å². The number of aliphatic carboxylic acids is 1. The van der Waals surface area contributed by atoms with Crippen LogP contribution in [0, 0.1) is 5.92 Å². The minimum Gasteiger partial charge on any atom is -0.481 e. The van der Waals surface area contributed by atoms with Gasteiger partial charge in [0.05, 0.1) is 18.1 Å². The molecule has 2 unspecified atom stereocenters. The van der Waals surface area contributed by atoms with E-state index in [1.165, 1.54) is 0 Å². The number of nitrogens with zero attached hydrogens (tertiary/aromatic N) is 2. The van der Waals surface area contributed by atoms with E-state index in [9.17, 15) is 9.59 Å². The predicted molar refractivity (Wildman–Crippen MR) is 59.7 cm³/mol. The molecule has 0 radical (unpaired) electrons. The molecule has 0 aromatic heterocycles. The Morgan fingerprint density at radius 2 is 1.53 bits per heavy atom. The van der Waals surface area contributed by atoms with E-state index in [-0.39, 0.29) is 18.2 Å². The van der Waals surface area contributed by atoms with Crippen molar-refractivity contribution in [2.24, 2.45) is 5.92 Å². The first-order valence-corrected chi connectivity index (χ1v) is 5.89. The van der Waals surface area contributed by atoms with Gasteiger partial charge in [-0.2, -0.15) is 0 Å². The lowest BCUT2D eigenvalue weighted by Crippen LogP contribution is -2.60. The van der Waals surface area contributed by atoms with Crippen LogP contribution in [0.5, 0.6) is 0 Å². The van der Waals surface area contributed by atoms with Gasteiger partial charge in [-0.15, -0.1) is 0 Å². The monoisotopic (exact) mass is 242 g/mol. The van der Waals surface area contributed by atoms with Crippen molar-refractivity contribution in [2.45, 2.75) is 26.1 Å². The summed E-state index contributed by atoms with van der Waals surface area (Å²) in [6, 6.07) is -0.0653. The van der Waals surface area contributed by atoms with Crippen molar-refractivity contribution in [1.29, 1.82) is 0 Å². The van der Waals surface area contributed by atoms with Crippen LogP contribution >= 0.6 is 0 Å². The summed E-state index contributed by atoms with van der Waals surface area (Å²) >= 11 is 0. The van der Waals surface area contributed by atoms with Crippen molar-refractivity contribution in [3.63, 3.8) is 0 Å². The Morgan fingerprint density at radius 3 is 2.00 bits per heavy atom. The van der Waals surface area contributed by atoms with E-state index in [0.29, 0.717) is 26.2 Å². The molecule has 2 rings (SSSR count). The van der Waals surface area contributed by atoms with Crippen LogP contribution in [0.25, 0.3) is 0 Å². The zero-order valence-corrected chi connectivity index (χ0v) is 10.1. The van der Waals surface area contributed by atoms with E-state index in [1.807, 2.05) is 13.8 Å². The summed E-state index contributed by atoms with van der Waals surface area (Å²) in [6.07, 6.45) is 0.0819. The second-order valence-electron chi connectivity index (χ2n) is 4.89. The summed E-state index contributed by atoms with van der Waals surface area (Å²) in [5, 5.41) is 8.76. The van der Waals surface area contributed by atoms with Crippen molar-refractivity contribution < 1.29 is 19.4 Å². The van der Waals surface area contributed by atoms with E-state index in [4.69, 9.17) is 9.84 Å². The molecular formula is C11H18N2O4. The Morgan fingerprint density at radius 1 is 1.06 bits per heavy atom. The van der Waals surface area contributed by atoms with Crippen LogP contribution < -0.4 is 0 Å². The molecule has 0 aromatic rings. The smallest absolute Gasteiger partial charge is 0.320 e. The number of morpholine rings is 1. The standard InChI is InChI=1S/C11H18N2O4/c1-7-3-12(4-8(2)17-7)11(16)13-5-9(6-13)10(14)15/h7-9H,3-6H2,1-2H3,(H,14,15). The van der Waals surface area contributed by atoms with Gasteiger partial charge in [-0.05, 0) is 13.8 Å². The number of hydrogen-bond donors (Lipinski definition) is 1. The number of amides is 2. The molecular weight excluding hydrogens is 224 g/mol. The third-order valence-corrected chi connectivity index (χ3v) is 3.19. The van der Waals surface area contributed by atoms with Gasteiger partial charge in [0, 0.05) is 26.2 Å². The first kappa shape index (κ1) is 12.2. The molecule has 0 bridgehead atoms. The van der Waals surface area contributed by atoms with E-state index in [0.717, 1.165) is 0 Å². The number of urea groups is 1. The number of rotatable bonds is 1. The highest BCUT2D eigenvalue weighted by atomic mass is 16.5. The molecule has 2 saturated heterocycles. The maximum atomic E-state index is 12.0. The largest absolute Gasteiger partial charge is 0.481 e. The Balaban J connectivity index is 1.86. The van der Waals surface area contributed by atoms with Gasteiger partial charge in [-0.3, -0.25) is 4.79 Å². The van der Waals surface area contributed by atoms with Crippen LogP contribution in [0.15, 0.2) is 0 Å². The Hall–Kier alpha value is -1.30. The lowest BCUT2D eigenvalue weighted by molar-refractivity contribution is -0.146. The molecule has 17 heavy (non-hydrogen) atoms. The second-order valence-corrected chi connectivity index (χ2v) is 4.89. The highest BCUT2D eigenvalue weighted by molar-refractivity contribution is 5.80. The summed E-state index contributed by atoms with van der Waals surface area (Å²) in [5.41, 5.74) is 0. The molecule has 6 heteroatoms. The number of carboxylic acid groups (broad SMARTS) is 1. The zero-order chi connectivity index (χ0) is 12.6. The quantitative estimate of drug-likeness (QED) is 0.714. The maximum Gasteiger partial charge on any atom is 0.320 e. The minimum absolute atomic E-state index is 0.0410. The van der Waals surface area contributed by atoms with Crippen LogP contribution in [-0.2, 0) is 9.53 Å². The average molecular weight is 242 g/mol. The van der Waals surface area contributed by atoms with Crippen molar-refractivity contribution >= 4 is 12.0 Å². The summed E-state index contributed by atoms with van der Waals surface area (Å²) < 4.78 is 5.55. The third-order valence-electron chi connectivity index (χ3n) is 3.19. The molecule has 2 fully saturated rings. The number of likely N-dealkylation sites (tertiary alicyclic amines) is 1. The van der Waals surface area contributed by atoms with Gasteiger partial charge in [0.25, 0.3) is 0 Å². The van der Waals surface area contributed by atoms with Gasteiger partial charge in [0.2, 0.25) is 0 Å². The zero-order valence-electron chi connectivity index (χ0n) is 10.1. The molecule has 96 valence electrons. The van der Waals surface area contributed by atoms with Crippen LogP contribution in [0.2, 0.25) is 0 Å². The molecule has 2 aliphatic rings. The van der Waals surface area contributed by atoms with Gasteiger partial charge >= 0.3 is 12.0 Å². The van der Waals surface area contributed by atoms with Gasteiger partial charge in [0.1, 0.15) is 0 Å². The predicted octanol–water partition coefficient (Wildman–Crippen LogP) is 0.232. The minimum atomic E-state index is -0.822. The van der Waals surface area contributed by atoms with E-state index < -0.39 is 11.9 Å². The molecule has 1 N–H and O–H groups in total. The van der Waals surface area contributed by atoms with Gasteiger partial charge in [-0.25, -0.2) is 4.79 Å². The van der Waals surface area contributed by atoms with E-state index in [1.54, 1.807) is 9.80 Å². The lowest BCUT2D eigenvalue weighted by Gasteiger charge is -2.43. The fraction of sp³-hybridized carbons (Fsp3) is 0.818. The number of carbonyl (C=O) groups excluding carboxylic acids is 1. The molecule has 2 heterocycles. The molecule has 0 saturated carbocycles. The number of hydrogen-bond acceptors (Lipinski definition) is 3. The van der Waals surface area contributed by atoms with Gasteiger partial charge in [0.15, 0.2) is 0 Å².